The largest absolute Gasteiger partial charge is 0.394 e. The highest BCUT2D eigenvalue weighted by atomic mass is 16.3. The number of hydrogen-bond acceptors (Lipinski definition) is 5. The van der Waals surface area contributed by atoms with Gasteiger partial charge < -0.3 is 25.7 Å². The zero-order valence-corrected chi connectivity index (χ0v) is 44.0. The second-order valence-corrected chi connectivity index (χ2v) is 20.7. The highest BCUT2D eigenvalue weighted by Gasteiger charge is 2.28. The van der Waals surface area contributed by atoms with Crippen molar-refractivity contribution in [3.63, 3.8) is 0 Å². The Morgan fingerprint density at radius 1 is 0.369 bits per heavy atom. The highest BCUT2D eigenvalue weighted by molar-refractivity contribution is 5.80. The van der Waals surface area contributed by atoms with Crippen LogP contribution in [0.25, 0.3) is 0 Å². The number of unbranched alkanes of at least 4 members (excludes halogenated alkanes) is 44. The van der Waals surface area contributed by atoms with E-state index >= 15 is 0 Å². The Kier molecular flexibility index (Phi) is 53.2. The van der Waals surface area contributed by atoms with Gasteiger partial charge in [-0.15, -0.1) is 0 Å². The summed E-state index contributed by atoms with van der Waals surface area (Å²) < 4.78 is 0. The minimum atomic E-state index is -1.26. The molecule has 0 heterocycles. The number of aliphatic hydroxyl groups excluding tert-OH is 4. The summed E-state index contributed by atoms with van der Waals surface area (Å²) in [6.45, 7) is 4.09. The molecule has 0 saturated carbocycles. The van der Waals surface area contributed by atoms with E-state index in [0.717, 1.165) is 51.4 Å². The molecule has 5 N–H and O–H groups in total. The van der Waals surface area contributed by atoms with E-state index in [4.69, 9.17) is 0 Å². The smallest absolute Gasteiger partial charge is 0.249 e. The van der Waals surface area contributed by atoms with Crippen molar-refractivity contribution in [1.82, 2.24) is 5.32 Å². The zero-order valence-electron chi connectivity index (χ0n) is 44.0. The predicted octanol–water partition coefficient (Wildman–Crippen LogP) is 17.3. The van der Waals surface area contributed by atoms with E-state index in [-0.39, 0.29) is 0 Å². The van der Waals surface area contributed by atoms with Gasteiger partial charge in [-0.2, -0.15) is 0 Å². The van der Waals surface area contributed by atoms with Crippen LogP contribution in [0.4, 0.5) is 0 Å². The van der Waals surface area contributed by atoms with E-state index in [1.54, 1.807) is 0 Å². The lowest BCUT2D eigenvalue weighted by Gasteiger charge is -2.27. The molecule has 6 heteroatoms. The summed E-state index contributed by atoms with van der Waals surface area (Å²) in [7, 11) is 0. The molecule has 6 nitrogen and oxygen atoms in total. The van der Waals surface area contributed by atoms with Crippen LogP contribution in [-0.2, 0) is 4.79 Å². The normalized spacial score (nSPS) is 13.8. The first-order valence-corrected chi connectivity index (χ1v) is 29.6. The summed E-state index contributed by atoms with van der Waals surface area (Å²) in [5.41, 5.74) is 0. The average molecular weight is 921 g/mol. The van der Waals surface area contributed by atoms with Gasteiger partial charge in [0, 0.05) is 0 Å². The molecule has 0 rings (SSSR count). The molecule has 0 aliphatic rings. The van der Waals surface area contributed by atoms with Gasteiger partial charge in [-0.3, -0.25) is 4.79 Å². The van der Waals surface area contributed by atoms with Crippen molar-refractivity contribution in [1.29, 1.82) is 0 Å². The minimum Gasteiger partial charge on any atom is -0.394 e. The Morgan fingerprint density at radius 3 is 0.892 bits per heavy atom. The van der Waals surface area contributed by atoms with E-state index < -0.39 is 36.9 Å². The molecule has 4 atom stereocenters. The van der Waals surface area contributed by atoms with Crippen molar-refractivity contribution in [2.45, 2.75) is 353 Å². The van der Waals surface area contributed by atoms with E-state index in [0.29, 0.717) is 12.8 Å². The standard InChI is InChI=1S/C59H117NO5/c1-3-5-7-9-11-13-15-17-19-21-22-23-24-25-26-27-28-29-30-31-32-33-34-35-37-38-40-42-44-46-48-50-52-56(62)58(64)55(54-61)60-59(65)57(63)53-51-49-47-45-43-41-39-36-20-18-16-14-12-10-8-6-4-2/h39,41,55-58,61-64H,3-38,40,42-54H2,1-2H3,(H,60,65)/b41-39-. The molecular formula is C59H117NO5. The second kappa shape index (κ2) is 54.0. The van der Waals surface area contributed by atoms with Crippen LogP contribution in [0.2, 0.25) is 0 Å². The first-order chi connectivity index (χ1) is 32.0. The van der Waals surface area contributed by atoms with E-state index in [1.165, 1.54) is 250 Å². The Labute approximate surface area is 406 Å². The Morgan fingerprint density at radius 2 is 0.615 bits per heavy atom. The van der Waals surface area contributed by atoms with Gasteiger partial charge in [0.1, 0.15) is 12.2 Å². The van der Waals surface area contributed by atoms with E-state index in [9.17, 15) is 25.2 Å². The van der Waals surface area contributed by atoms with Gasteiger partial charge in [0.2, 0.25) is 5.91 Å². The lowest BCUT2D eigenvalue weighted by atomic mass is 9.99. The maximum atomic E-state index is 12.6. The molecule has 0 spiro atoms. The van der Waals surface area contributed by atoms with Crippen LogP contribution in [0.15, 0.2) is 12.2 Å². The third-order valence-electron chi connectivity index (χ3n) is 14.2. The second-order valence-electron chi connectivity index (χ2n) is 20.7. The van der Waals surface area contributed by atoms with Crippen LogP contribution in [0.3, 0.4) is 0 Å². The van der Waals surface area contributed by atoms with Gasteiger partial charge >= 0.3 is 0 Å². The lowest BCUT2D eigenvalue weighted by Crippen LogP contribution is -2.53. The molecule has 0 aliphatic heterocycles. The molecule has 0 aromatic rings. The molecule has 0 bridgehead atoms. The quantitative estimate of drug-likeness (QED) is 0.0308. The predicted molar refractivity (Wildman–Crippen MR) is 284 cm³/mol. The maximum absolute atomic E-state index is 12.6. The third-order valence-corrected chi connectivity index (χ3v) is 14.2. The van der Waals surface area contributed by atoms with Gasteiger partial charge in [0.15, 0.2) is 0 Å². The first kappa shape index (κ1) is 64.0. The van der Waals surface area contributed by atoms with Crippen molar-refractivity contribution in [2.75, 3.05) is 6.61 Å². The molecule has 1 amide bonds. The molecule has 0 aromatic heterocycles. The highest BCUT2D eigenvalue weighted by Crippen LogP contribution is 2.19. The molecule has 0 radical (unpaired) electrons. The Balaban J connectivity index is 3.55. The minimum absolute atomic E-state index is 0.358. The number of rotatable bonds is 55. The van der Waals surface area contributed by atoms with Crippen molar-refractivity contribution in [2.24, 2.45) is 0 Å². The molecule has 0 aliphatic carbocycles. The van der Waals surface area contributed by atoms with Gasteiger partial charge in [0.25, 0.3) is 0 Å². The first-order valence-electron chi connectivity index (χ1n) is 29.6. The van der Waals surface area contributed by atoms with Crippen LogP contribution in [-0.4, -0.2) is 57.3 Å². The van der Waals surface area contributed by atoms with Gasteiger partial charge in [-0.1, -0.05) is 302 Å². The number of aliphatic hydroxyl groups is 4. The summed E-state index contributed by atoms with van der Waals surface area (Å²) in [6.07, 6.45) is 64.4. The van der Waals surface area contributed by atoms with Crippen LogP contribution >= 0.6 is 0 Å². The van der Waals surface area contributed by atoms with Gasteiger partial charge in [0.05, 0.1) is 18.8 Å². The number of carbonyl (C=O) groups excluding carboxylic acids is 1. The van der Waals surface area contributed by atoms with Gasteiger partial charge in [-0.05, 0) is 38.5 Å². The summed E-state index contributed by atoms with van der Waals surface area (Å²) in [6, 6.07) is -0.988. The average Bonchev–Trinajstić information content (AvgIpc) is 3.31. The number of hydrogen-bond donors (Lipinski definition) is 5. The summed E-state index contributed by atoms with van der Waals surface area (Å²) in [4.78, 5) is 12.6. The molecule has 4 unspecified atom stereocenters. The number of carbonyl (C=O) groups is 1. The fourth-order valence-electron chi connectivity index (χ4n) is 9.58. The molecular weight excluding hydrogens is 803 g/mol. The lowest BCUT2D eigenvalue weighted by molar-refractivity contribution is -0.132. The number of amides is 1. The van der Waals surface area contributed by atoms with Crippen molar-refractivity contribution >= 4 is 5.91 Å². The fourth-order valence-corrected chi connectivity index (χ4v) is 9.58. The third kappa shape index (κ3) is 47.9. The summed E-state index contributed by atoms with van der Waals surface area (Å²) in [5, 5.41) is 44.0. The molecule has 388 valence electrons. The van der Waals surface area contributed by atoms with E-state index in [1.807, 2.05) is 0 Å². The van der Waals surface area contributed by atoms with Crippen molar-refractivity contribution in [3.05, 3.63) is 12.2 Å². The molecule has 0 fully saturated rings. The number of allylic oxidation sites excluding steroid dienone is 2. The molecule has 0 aromatic carbocycles. The van der Waals surface area contributed by atoms with Crippen LogP contribution in [0.5, 0.6) is 0 Å². The van der Waals surface area contributed by atoms with Gasteiger partial charge in [-0.25, -0.2) is 0 Å². The molecule has 65 heavy (non-hydrogen) atoms. The van der Waals surface area contributed by atoms with Crippen LogP contribution in [0, 0.1) is 0 Å². The Bertz CT molecular complexity index is 944. The summed E-state index contributed by atoms with van der Waals surface area (Å²) in [5.74, 6) is -0.587. The maximum Gasteiger partial charge on any atom is 0.249 e. The summed E-state index contributed by atoms with van der Waals surface area (Å²) >= 11 is 0. The SMILES string of the molecule is CCCCCCCCCCC/C=C\CCCCCCC(O)C(=O)NC(CO)C(O)C(O)CCCCCCCCCCCCCCCCCCCCCCCCCCCCCCCCCC. The van der Waals surface area contributed by atoms with E-state index in [2.05, 4.69) is 31.3 Å². The van der Waals surface area contributed by atoms with Crippen LogP contribution < -0.4 is 5.32 Å². The topological polar surface area (TPSA) is 110 Å². The number of nitrogens with one attached hydrogen (secondary N) is 1. The Hall–Kier alpha value is -0.950. The fraction of sp³-hybridized carbons (Fsp3) is 0.949. The monoisotopic (exact) mass is 920 g/mol. The zero-order chi connectivity index (χ0) is 47.4. The van der Waals surface area contributed by atoms with Crippen molar-refractivity contribution < 1.29 is 25.2 Å². The molecule has 0 saturated heterocycles. The van der Waals surface area contributed by atoms with Crippen molar-refractivity contribution in [3.8, 4) is 0 Å². The van der Waals surface area contributed by atoms with Crippen LogP contribution in [0.1, 0.15) is 328 Å².